The summed E-state index contributed by atoms with van der Waals surface area (Å²) < 4.78 is 0. The van der Waals surface area contributed by atoms with Crippen LogP contribution in [-0.2, 0) is 0 Å². The summed E-state index contributed by atoms with van der Waals surface area (Å²) in [7, 11) is 0.790. The van der Waals surface area contributed by atoms with Gasteiger partial charge in [-0.2, -0.15) is 0 Å². The van der Waals surface area contributed by atoms with Crippen molar-refractivity contribution in [3.05, 3.63) is 0 Å². The van der Waals surface area contributed by atoms with Crippen LogP contribution in [0.5, 0.6) is 0 Å². The summed E-state index contributed by atoms with van der Waals surface area (Å²) in [6.07, 6.45) is 3.33. The summed E-state index contributed by atoms with van der Waals surface area (Å²) in [5.41, 5.74) is 0. The first-order valence-electron chi connectivity index (χ1n) is 0.863. The molecule has 22 valence electrons. The van der Waals surface area contributed by atoms with Crippen LogP contribution < -0.4 is 0 Å². The quantitative estimate of drug-likeness (QED) is 0.353. The summed E-state index contributed by atoms with van der Waals surface area (Å²) in [6.45, 7) is 0. The molecular weight excluding hydrogens is 69.0 g/mol. The van der Waals surface area contributed by atoms with Crippen molar-refractivity contribution in [1.29, 1.82) is 5.41 Å². The zero-order valence-corrected chi connectivity index (χ0v) is 3.13. The second-order valence-corrected chi connectivity index (χ2v) is 0.935. The number of nitrogens with one attached hydrogen (secondary N) is 1. The maximum atomic E-state index is 6.25. The molecule has 0 fully saturated rings. The van der Waals surface area contributed by atoms with Gasteiger partial charge in [0, 0.05) is 5.96 Å². The van der Waals surface area contributed by atoms with Crippen LogP contribution in [0.15, 0.2) is 0 Å². The maximum absolute atomic E-state index is 6.25. The normalized spacial score (nSPS) is 7.00. The van der Waals surface area contributed by atoms with Crippen molar-refractivity contribution in [1.82, 2.24) is 0 Å². The Kier molecular flexibility index (Phi) is 2.73. The molecule has 0 spiro atoms. The molecule has 0 aromatic rings. The Bertz CT molecular complexity index is 27.0. The van der Waals surface area contributed by atoms with E-state index in [0.717, 1.165) is 8.20 Å². The van der Waals surface area contributed by atoms with Gasteiger partial charge in [0.25, 0.3) is 0 Å². The molecule has 0 radical (unpaired) electrons. The predicted octanol–water partition coefficient (Wildman–Crippen LogP) is 0.972. The Labute approximate surface area is 27.0 Å². The van der Waals surface area contributed by atoms with E-state index < -0.39 is 0 Å². The Morgan fingerprint density at radius 2 is 2.25 bits per heavy atom. The molecule has 1 nitrogen and oxygen atoms in total. The standard InChI is InChI=1S/C2H4NP/c1-4-2-3/h2-3H,1H2. The number of hydrogen-bond acceptors (Lipinski definition) is 1. The molecular formula is C2H4NP. The SMILES string of the molecule is C=PC=N. The molecule has 0 amide bonds. The van der Waals surface area contributed by atoms with Crippen molar-refractivity contribution in [2.24, 2.45) is 0 Å². The molecule has 0 aromatic carbocycles. The van der Waals surface area contributed by atoms with E-state index in [1.165, 1.54) is 5.96 Å². The lowest BCUT2D eigenvalue weighted by Crippen LogP contribution is -1.27. The van der Waals surface area contributed by atoms with Crippen LogP contribution in [0, 0.1) is 5.41 Å². The topological polar surface area (TPSA) is 23.9 Å². The highest BCUT2D eigenvalue weighted by Gasteiger charge is 1.32. The Morgan fingerprint density at radius 1 is 2.00 bits per heavy atom. The Hall–Kier alpha value is -0.160. The largest absolute Gasteiger partial charge is 0.304 e. The summed E-state index contributed by atoms with van der Waals surface area (Å²) in [4.78, 5) is 0. The molecule has 4 heavy (non-hydrogen) atoms. The van der Waals surface area contributed by atoms with Crippen LogP contribution in [-0.4, -0.2) is 12.3 Å². The average molecular weight is 73.0 g/mol. The molecule has 0 saturated carbocycles. The third-order valence-electron chi connectivity index (χ3n) is 0.0913. The van der Waals surface area contributed by atoms with Gasteiger partial charge in [-0.15, -0.1) is 0 Å². The van der Waals surface area contributed by atoms with Gasteiger partial charge in [0.2, 0.25) is 0 Å². The Morgan fingerprint density at radius 3 is 2.25 bits per heavy atom. The fourth-order valence-corrected chi connectivity index (χ4v) is 0. The summed E-state index contributed by atoms with van der Waals surface area (Å²) in [5, 5.41) is 6.25. The first-order chi connectivity index (χ1) is 1.91. The van der Waals surface area contributed by atoms with Crippen LogP contribution in [0.3, 0.4) is 0 Å². The van der Waals surface area contributed by atoms with Crippen molar-refractivity contribution in [3.8, 4) is 0 Å². The molecule has 0 unspecified atom stereocenters. The Balaban J connectivity index is 2.73. The van der Waals surface area contributed by atoms with E-state index in [0.29, 0.717) is 0 Å². The molecule has 2 heteroatoms. The van der Waals surface area contributed by atoms with Gasteiger partial charge in [-0.05, 0) is 0 Å². The van der Waals surface area contributed by atoms with Gasteiger partial charge < -0.3 is 5.41 Å². The first kappa shape index (κ1) is 3.84. The third kappa shape index (κ3) is 1.84. The minimum Gasteiger partial charge on any atom is -0.304 e. The molecule has 1 N–H and O–H groups in total. The van der Waals surface area contributed by atoms with E-state index in [4.69, 9.17) is 5.41 Å². The van der Waals surface area contributed by atoms with Gasteiger partial charge in [-0.3, -0.25) is 0 Å². The van der Waals surface area contributed by atoms with Crippen molar-refractivity contribution < 1.29 is 0 Å². The second-order valence-electron chi connectivity index (χ2n) is 0.312. The van der Waals surface area contributed by atoms with Crippen LogP contribution in [0.25, 0.3) is 0 Å². The lowest BCUT2D eigenvalue weighted by Gasteiger charge is -1.42. The summed E-state index contributed by atoms with van der Waals surface area (Å²) in [5.74, 6) is 1.24. The lowest BCUT2D eigenvalue weighted by atomic mass is 11.7. The minimum atomic E-state index is 0.790. The lowest BCUT2D eigenvalue weighted by molar-refractivity contribution is 1.60. The second kappa shape index (κ2) is 2.84. The molecule has 0 aliphatic heterocycles. The summed E-state index contributed by atoms with van der Waals surface area (Å²) in [6, 6.07) is 0. The van der Waals surface area contributed by atoms with E-state index in [1.807, 2.05) is 0 Å². The van der Waals surface area contributed by atoms with Crippen LogP contribution >= 0.6 is 8.20 Å². The van der Waals surface area contributed by atoms with E-state index in [-0.39, 0.29) is 0 Å². The number of rotatable bonds is 1. The zero-order valence-electron chi connectivity index (χ0n) is 2.23. The van der Waals surface area contributed by atoms with E-state index in [2.05, 4.69) is 6.30 Å². The predicted molar refractivity (Wildman–Crippen MR) is 22.8 cm³/mol. The van der Waals surface area contributed by atoms with Gasteiger partial charge in [0.05, 0.1) is 0 Å². The highest BCUT2D eigenvalue weighted by Crippen LogP contribution is 1.71. The fourth-order valence-electron chi connectivity index (χ4n) is 0. The molecule has 0 aliphatic rings. The van der Waals surface area contributed by atoms with Gasteiger partial charge in [-0.1, -0.05) is 14.5 Å². The van der Waals surface area contributed by atoms with Gasteiger partial charge >= 0.3 is 0 Å². The molecule has 0 aliphatic carbocycles. The highest BCUT2D eigenvalue weighted by molar-refractivity contribution is 7.53. The monoisotopic (exact) mass is 73.0 g/mol. The van der Waals surface area contributed by atoms with E-state index in [1.54, 1.807) is 0 Å². The molecule has 0 saturated heterocycles. The van der Waals surface area contributed by atoms with Gasteiger partial charge in [-0.25, -0.2) is 0 Å². The van der Waals surface area contributed by atoms with E-state index in [9.17, 15) is 0 Å². The third-order valence-corrected chi connectivity index (χ3v) is 0.274. The fraction of sp³-hybridized carbons (Fsp3) is 0. The molecule has 0 atom stereocenters. The van der Waals surface area contributed by atoms with Crippen molar-refractivity contribution in [3.63, 3.8) is 0 Å². The van der Waals surface area contributed by atoms with Crippen LogP contribution in [0.4, 0.5) is 0 Å². The van der Waals surface area contributed by atoms with Gasteiger partial charge in [0.15, 0.2) is 0 Å². The first-order valence-corrected chi connectivity index (χ1v) is 2.01. The maximum Gasteiger partial charge on any atom is 0.0442 e. The average Bonchev–Trinajstić information content (AvgIpc) is 1.37. The van der Waals surface area contributed by atoms with Crippen LogP contribution in [0.2, 0.25) is 0 Å². The minimum absolute atomic E-state index is 0.790. The van der Waals surface area contributed by atoms with Crippen molar-refractivity contribution >= 4 is 20.5 Å². The van der Waals surface area contributed by atoms with Gasteiger partial charge in [0.1, 0.15) is 0 Å². The highest BCUT2D eigenvalue weighted by atomic mass is 31.1. The van der Waals surface area contributed by atoms with Crippen LogP contribution in [0.1, 0.15) is 0 Å². The number of hydrogen-bond donors (Lipinski definition) is 1. The smallest absolute Gasteiger partial charge is 0.0442 e. The zero-order chi connectivity index (χ0) is 3.41. The molecule has 0 bridgehead atoms. The molecule has 0 aromatic heterocycles. The van der Waals surface area contributed by atoms with Crippen molar-refractivity contribution in [2.45, 2.75) is 0 Å². The molecule has 0 heterocycles. The summed E-state index contributed by atoms with van der Waals surface area (Å²) >= 11 is 0. The van der Waals surface area contributed by atoms with Crippen molar-refractivity contribution in [2.75, 3.05) is 0 Å². The van der Waals surface area contributed by atoms with E-state index >= 15 is 0 Å². The molecule has 0 rings (SSSR count).